The topological polar surface area (TPSA) is 59.3 Å². The number of fused-ring (bicyclic) bond motifs is 1. The highest BCUT2D eigenvalue weighted by Crippen LogP contribution is 2.14. The van der Waals surface area contributed by atoms with E-state index in [1.54, 1.807) is 35.0 Å². The zero-order chi connectivity index (χ0) is 15.5. The number of carbonyl (C=O) groups is 1. The van der Waals surface area contributed by atoms with Crippen molar-refractivity contribution in [3.63, 3.8) is 0 Å². The Morgan fingerprint density at radius 1 is 1.00 bits per heavy atom. The van der Waals surface area contributed by atoms with Crippen molar-refractivity contribution in [3.05, 3.63) is 82.1 Å². The summed E-state index contributed by atoms with van der Waals surface area (Å²) >= 11 is 0. The van der Waals surface area contributed by atoms with E-state index < -0.39 is 5.97 Å². The fraction of sp³-hybridized carbons (Fsp3) is 0.111. The van der Waals surface area contributed by atoms with Crippen molar-refractivity contribution in [1.29, 1.82) is 0 Å². The third-order valence-corrected chi connectivity index (χ3v) is 3.60. The van der Waals surface area contributed by atoms with Crippen LogP contribution in [0.25, 0.3) is 10.9 Å². The molecule has 4 nitrogen and oxygen atoms in total. The van der Waals surface area contributed by atoms with Crippen LogP contribution in [0.15, 0.2) is 65.6 Å². The number of benzene rings is 2. The maximum absolute atomic E-state index is 12.6. The van der Waals surface area contributed by atoms with Crippen molar-refractivity contribution in [1.82, 2.24) is 4.57 Å². The molecule has 0 spiro atoms. The number of pyridine rings is 1. The third kappa shape index (κ3) is 2.76. The molecule has 3 rings (SSSR count). The lowest BCUT2D eigenvalue weighted by Crippen LogP contribution is -2.18. The highest BCUT2D eigenvalue weighted by Gasteiger charge is 2.11. The first-order chi connectivity index (χ1) is 10.6. The predicted molar refractivity (Wildman–Crippen MR) is 85.1 cm³/mol. The Morgan fingerprint density at radius 3 is 2.41 bits per heavy atom. The minimum absolute atomic E-state index is 0.0407. The summed E-state index contributed by atoms with van der Waals surface area (Å²) in [4.78, 5) is 23.7. The molecule has 0 bridgehead atoms. The van der Waals surface area contributed by atoms with Gasteiger partial charge in [0.2, 0.25) is 0 Å². The monoisotopic (exact) mass is 293 g/mol. The summed E-state index contributed by atoms with van der Waals surface area (Å²) in [6, 6.07) is 16.8. The molecule has 0 saturated carbocycles. The number of para-hydroxylation sites is 1. The van der Waals surface area contributed by atoms with Gasteiger partial charge < -0.3 is 9.67 Å². The van der Waals surface area contributed by atoms with E-state index in [2.05, 4.69) is 0 Å². The number of carboxylic acid groups (broad SMARTS) is 1. The van der Waals surface area contributed by atoms with Crippen LogP contribution in [0.4, 0.5) is 0 Å². The second-order valence-electron chi connectivity index (χ2n) is 5.18. The average molecular weight is 293 g/mol. The number of rotatable bonds is 4. The van der Waals surface area contributed by atoms with Crippen LogP contribution in [0.3, 0.4) is 0 Å². The summed E-state index contributed by atoms with van der Waals surface area (Å²) < 4.78 is 1.62. The van der Waals surface area contributed by atoms with E-state index in [-0.39, 0.29) is 12.0 Å². The van der Waals surface area contributed by atoms with Crippen molar-refractivity contribution in [2.45, 2.75) is 13.0 Å². The van der Waals surface area contributed by atoms with Crippen LogP contribution < -0.4 is 5.43 Å². The normalized spacial score (nSPS) is 10.7. The molecule has 0 saturated heterocycles. The summed E-state index contributed by atoms with van der Waals surface area (Å²) in [7, 11) is 0. The van der Waals surface area contributed by atoms with Crippen molar-refractivity contribution < 1.29 is 9.90 Å². The largest absolute Gasteiger partial charge is 0.480 e. The minimum Gasteiger partial charge on any atom is -0.480 e. The van der Waals surface area contributed by atoms with E-state index in [1.165, 1.54) is 0 Å². The molecule has 0 radical (unpaired) electrons. The first-order valence-corrected chi connectivity index (χ1v) is 7.02. The Balaban J connectivity index is 2.16. The van der Waals surface area contributed by atoms with Crippen LogP contribution in [0, 0.1) is 0 Å². The maximum atomic E-state index is 12.6. The van der Waals surface area contributed by atoms with Crippen LogP contribution in [0.5, 0.6) is 0 Å². The Morgan fingerprint density at radius 2 is 1.68 bits per heavy atom. The van der Waals surface area contributed by atoms with E-state index in [1.807, 2.05) is 30.3 Å². The Labute approximate surface area is 127 Å². The average Bonchev–Trinajstić information content (AvgIpc) is 2.52. The molecule has 0 amide bonds. The van der Waals surface area contributed by atoms with Crippen LogP contribution in [-0.2, 0) is 17.8 Å². The number of aromatic nitrogens is 1. The summed E-state index contributed by atoms with van der Waals surface area (Å²) in [5.74, 6) is -0.931. The van der Waals surface area contributed by atoms with Crippen LogP contribution in [0.1, 0.15) is 11.1 Å². The number of hydrogen-bond acceptors (Lipinski definition) is 2. The second kappa shape index (κ2) is 5.85. The van der Waals surface area contributed by atoms with Gasteiger partial charge in [-0.1, -0.05) is 42.5 Å². The molecule has 4 heteroatoms. The molecule has 1 heterocycles. The zero-order valence-corrected chi connectivity index (χ0v) is 11.9. The van der Waals surface area contributed by atoms with Gasteiger partial charge in [0.15, 0.2) is 5.43 Å². The quantitative estimate of drug-likeness (QED) is 0.804. The molecular weight excluding hydrogens is 278 g/mol. The summed E-state index contributed by atoms with van der Waals surface area (Å²) in [5, 5.41) is 9.63. The van der Waals surface area contributed by atoms with Gasteiger partial charge >= 0.3 is 5.97 Å². The Bertz CT molecular complexity index is 882. The molecule has 0 aliphatic carbocycles. The summed E-state index contributed by atoms with van der Waals surface area (Å²) in [6.45, 7) is -0.164. The number of aliphatic carboxylic acids is 1. The van der Waals surface area contributed by atoms with Gasteiger partial charge in [0.1, 0.15) is 6.54 Å². The van der Waals surface area contributed by atoms with E-state index >= 15 is 0 Å². The number of hydrogen-bond donors (Lipinski definition) is 1. The van der Waals surface area contributed by atoms with Gasteiger partial charge in [0.05, 0.1) is 5.52 Å². The highest BCUT2D eigenvalue weighted by atomic mass is 16.4. The maximum Gasteiger partial charge on any atom is 0.323 e. The molecule has 1 N–H and O–H groups in total. The minimum atomic E-state index is -0.931. The van der Waals surface area contributed by atoms with E-state index in [0.29, 0.717) is 22.9 Å². The standard InChI is InChI=1S/C18H15NO3/c20-17(21)12-19-11-14(10-13-6-2-1-3-7-13)18(22)15-8-4-5-9-16(15)19/h1-9,11H,10,12H2,(H,20,21). The molecule has 2 aromatic carbocycles. The molecule has 3 aromatic rings. The predicted octanol–water partition coefficient (Wildman–Crippen LogP) is 2.68. The molecule has 0 atom stereocenters. The van der Waals surface area contributed by atoms with E-state index in [0.717, 1.165) is 5.56 Å². The summed E-state index contributed by atoms with van der Waals surface area (Å²) in [6.07, 6.45) is 2.15. The molecule has 0 unspecified atom stereocenters. The lowest BCUT2D eigenvalue weighted by atomic mass is 10.0. The first-order valence-electron chi connectivity index (χ1n) is 7.02. The molecule has 110 valence electrons. The number of carboxylic acids is 1. The van der Waals surface area contributed by atoms with Crippen LogP contribution in [-0.4, -0.2) is 15.6 Å². The Kier molecular flexibility index (Phi) is 3.74. The van der Waals surface area contributed by atoms with Crippen LogP contribution in [0.2, 0.25) is 0 Å². The fourth-order valence-electron chi connectivity index (χ4n) is 2.62. The van der Waals surface area contributed by atoms with Crippen molar-refractivity contribution >= 4 is 16.9 Å². The van der Waals surface area contributed by atoms with Gasteiger partial charge in [0, 0.05) is 23.6 Å². The molecule has 22 heavy (non-hydrogen) atoms. The van der Waals surface area contributed by atoms with Gasteiger partial charge in [-0.15, -0.1) is 0 Å². The molecule has 1 aromatic heterocycles. The molecule has 0 aliphatic rings. The SMILES string of the molecule is O=C(O)Cn1cc(Cc2ccccc2)c(=O)c2ccccc21. The highest BCUT2D eigenvalue weighted by molar-refractivity contribution is 5.81. The summed E-state index contributed by atoms with van der Waals surface area (Å²) in [5.41, 5.74) is 2.23. The lowest BCUT2D eigenvalue weighted by molar-refractivity contribution is -0.137. The van der Waals surface area contributed by atoms with E-state index in [4.69, 9.17) is 5.11 Å². The smallest absolute Gasteiger partial charge is 0.323 e. The van der Waals surface area contributed by atoms with Gasteiger partial charge in [-0.3, -0.25) is 9.59 Å². The van der Waals surface area contributed by atoms with Crippen molar-refractivity contribution in [2.75, 3.05) is 0 Å². The van der Waals surface area contributed by atoms with Gasteiger partial charge in [0.25, 0.3) is 0 Å². The van der Waals surface area contributed by atoms with Gasteiger partial charge in [-0.05, 0) is 17.7 Å². The molecular formula is C18H15NO3. The van der Waals surface area contributed by atoms with Crippen LogP contribution >= 0.6 is 0 Å². The zero-order valence-electron chi connectivity index (χ0n) is 11.9. The second-order valence-corrected chi connectivity index (χ2v) is 5.18. The molecule has 0 fully saturated rings. The number of nitrogens with zero attached hydrogens (tertiary/aromatic N) is 1. The first kappa shape index (κ1) is 14.1. The van der Waals surface area contributed by atoms with Crippen molar-refractivity contribution in [2.24, 2.45) is 0 Å². The van der Waals surface area contributed by atoms with E-state index in [9.17, 15) is 9.59 Å². The van der Waals surface area contributed by atoms with Crippen molar-refractivity contribution in [3.8, 4) is 0 Å². The third-order valence-electron chi connectivity index (χ3n) is 3.60. The Hall–Kier alpha value is -2.88. The molecule has 0 aliphatic heterocycles. The van der Waals surface area contributed by atoms with Gasteiger partial charge in [-0.2, -0.15) is 0 Å². The fourth-order valence-corrected chi connectivity index (χ4v) is 2.62. The van der Waals surface area contributed by atoms with Gasteiger partial charge in [-0.25, -0.2) is 0 Å². The lowest BCUT2D eigenvalue weighted by Gasteiger charge is -2.11.